The van der Waals surface area contributed by atoms with Crippen LogP contribution in [-0.4, -0.2) is 18.2 Å². The Hall–Kier alpha value is -2.37. The van der Waals surface area contributed by atoms with E-state index in [9.17, 15) is 22.8 Å². The Morgan fingerprint density at radius 3 is 2.43 bits per heavy atom. The topological polar surface area (TPSA) is 46.2 Å². The number of hydrogen-bond acceptors (Lipinski definition) is 2. The maximum Gasteiger partial charge on any atom is 0.416 e. The molecule has 0 fully saturated rings. The highest BCUT2D eigenvalue weighted by atomic mass is 19.4. The van der Waals surface area contributed by atoms with Crippen LogP contribution in [0.4, 0.5) is 13.2 Å². The molecule has 0 spiro atoms. The molecule has 0 radical (unpaired) electrons. The van der Waals surface area contributed by atoms with E-state index in [0.717, 1.165) is 25.0 Å². The molecule has 28 heavy (non-hydrogen) atoms. The number of alkyl halides is 3. The smallest absolute Gasteiger partial charge is 0.352 e. The molecule has 0 aliphatic rings. The van der Waals surface area contributed by atoms with Crippen molar-refractivity contribution in [1.82, 2.24) is 5.32 Å². The van der Waals surface area contributed by atoms with E-state index in [-0.39, 0.29) is 18.1 Å². The van der Waals surface area contributed by atoms with Gasteiger partial charge in [0.25, 0.3) is 0 Å². The molecule has 0 saturated heterocycles. The molecule has 0 bridgehead atoms. The van der Waals surface area contributed by atoms with E-state index < -0.39 is 11.7 Å². The van der Waals surface area contributed by atoms with Gasteiger partial charge in [-0.1, -0.05) is 50.3 Å². The van der Waals surface area contributed by atoms with Crippen molar-refractivity contribution in [1.29, 1.82) is 0 Å². The Labute approximate surface area is 164 Å². The van der Waals surface area contributed by atoms with Crippen molar-refractivity contribution >= 4 is 11.7 Å². The van der Waals surface area contributed by atoms with Gasteiger partial charge in [-0.3, -0.25) is 9.59 Å². The van der Waals surface area contributed by atoms with Gasteiger partial charge < -0.3 is 5.32 Å². The molecule has 0 saturated carbocycles. The van der Waals surface area contributed by atoms with Gasteiger partial charge in [0.1, 0.15) is 5.78 Å². The first-order chi connectivity index (χ1) is 13.2. The number of allylic oxidation sites excluding steroid dienone is 3. The van der Waals surface area contributed by atoms with Gasteiger partial charge in [0.05, 0.1) is 5.56 Å². The number of carbonyl (C=O) groups excluding carboxylic acids is 2. The average molecular weight is 395 g/mol. The van der Waals surface area contributed by atoms with Gasteiger partial charge in [0.15, 0.2) is 0 Å². The zero-order valence-corrected chi connectivity index (χ0v) is 16.4. The van der Waals surface area contributed by atoms with Crippen LogP contribution in [0.1, 0.15) is 50.7 Å². The zero-order valence-electron chi connectivity index (χ0n) is 16.4. The molecule has 0 heterocycles. The van der Waals surface area contributed by atoms with Gasteiger partial charge in [-0.05, 0) is 42.9 Å². The van der Waals surface area contributed by atoms with Crippen LogP contribution >= 0.6 is 0 Å². The summed E-state index contributed by atoms with van der Waals surface area (Å²) in [7, 11) is 0. The molecule has 0 aromatic heterocycles. The van der Waals surface area contributed by atoms with Gasteiger partial charge >= 0.3 is 6.18 Å². The summed E-state index contributed by atoms with van der Waals surface area (Å²) in [5.41, 5.74) is -0.353. The Morgan fingerprint density at radius 2 is 1.75 bits per heavy atom. The molecule has 154 valence electrons. The average Bonchev–Trinajstić information content (AvgIpc) is 2.61. The molecule has 1 rings (SSSR count). The first kappa shape index (κ1) is 23.7. The van der Waals surface area contributed by atoms with E-state index in [1.807, 2.05) is 26.0 Å². The minimum absolute atomic E-state index is 0.00594. The number of amides is 1. The molecule has 0 aliphatic heterocycles. The maximum absolute atomic E-state index is 12.7. The molecule has 1 aromatic carbocycles. The summed E-state index contributed by atoms with van der Waals surface area (Å²) in [6.45, 7) is 4.70. The minimum atomic E-state index is -4.40. The number of ketones is 1. The molecule has 1 aromatic rings. The molecule has 3 nitrogen and oxygen atoms in total. The van der Waals surface area contributed by atoms with Crippen molar-refractivity contribution in [3.05, 3.63) is 59.7 Å². The standard InChI is InChI=1S/C22H28F3NO2/c1-17(2)16-26-21(28)13-8-6-4-3-5-7-12-20(27)15-18-10-9-11-19(14-18)22(23,24)25/h3,5,8-11,13-14,17H,4,6-7,12,15-16H2,1-2H3,(H,26,28). The summed E-state index contributed by atoms with van der Waals surface area (Å²) in [6.07, 6.45) is 5.09. The van der Waals surface area contributed by atoms with Crippen LogP contribution in [-0.2, 0) is 22.2 Å². The molecular weight excluding hydrogens is 367 g/mol. The van der Waals surface area contributed by atoms with Crippen LogP contribution in [0.3, 0.4) is 0 Å². The van der Waals surface area contributed by atoms with Gasteiger partial charge in [-0.25, -0.2) is 0 Å². The predicted molar refractivity (Wildman–Crippen MR) is 105 cm³/mol. The van der Waals surface area contributed by atoms with Crippen molar-refractivity contribution < 1.29 is 22.8 Å². The highest BCUT2D eigenvalue weighted by molar-refractivity contribution is 5.87. The Kier molecular flexibility index (Phi) is 10.3. The van der Waals surface area contributed by atoms with E-state index in [0.29, 0.717) is 30.9 Å². The first-order valence-electron chi connectivity index (χ1n) is 9.45. The van der Waals surface area contributed by atoms with Crippen LogP contribution in [0.25, 0.3) is 0 Å². The lowest BCUT2D eigenvalue weighted by Gasteiger charge is -2.08. The van der Waals surface area contributed by atoms with Crippen molar-refractivity contribution in [2.24, 2.45) is 5.92 Å². The molecule has 1 amide bonds. The van der Waals surface area contributed by atoms with E-state index in [4.69, 9.17) is 0 Å². The number of hydrogen-bond donors (Lipinski definition) is 1. The second-order valence-corrected chi connectivity index (χ2v) is 7.04. The van der Waals surface area contributed by atoms with Gasteiger partial charge in [0, 0.05) is 19.4 Å². The summed E-state index contributed by atoms with van der Waals surface area (Å²) < 4.78 is 38.0. The largest absolute Gasteiger partial charge is 0.416 e. The summed E-state index contributed by atoms with van der Waals surface area (Å²) >= 11 is 0. The fourth-order valence-corrected chi connectivity index (χ4v) is 2.40. The highest BCUT2D eigenvalue weighted by Gasteiger charge is 2.30. The quantitative estimate of drug-likeness (QED) is 0.315. The third-order valence-corrected chi connectivity index (χ3v) is 3.87. The summed E-state index contributed by atoms with van der Waals surface area (Å²) in [5, 5.41) is 2.79. The fraction of sp³-hybridized carbons (Fsp3) is 0.455. The van der Waals surface area contributed by atoms with Crippen molar-refractivity contribution in [3.8, 4) is 0 Å². The van der Waals surface area contributed by atoms with Crippen LogP contribution in [0.5, 0.6) is 0 Å². The SMILES string of the molecule is CC(C)CNC(=O)C=CCCC=CCCC(=O)Cc1cccc(C(F)(F)F)c1. The maximum atomic E-state index is 12.7. The molecule has 0 atom stereocenters. The third-order valence-electron chi connectivity index (χ3n) is 3.87. The van der Waals surface area contributed by atoms with Crippen molar-refractivity contribution in [2.45, 2.75) is 52.1 Å². The lowest BCUT2D eigenvalue weighted by Crippen LogP contribution is -2.25. The summed E-state index contributed by atoms with van der Waals surface area (Å²) in [4.78, 5) is 23.4. The van der Waals surface area contributed by atoms with Crippen LogP contribution < -0.4 is 5.32 Å². The first-order valence-corrected chi connectivity index (χ1v) is 9.45. The van der Waals surface area contributed by atoms with Crippen LogP contribution in [0.2, 0.25) is 0 Å². The minimum Gasteiger partial charge on any atom is -0.352 e. The van der Waals surface area contributed by atoms with Crippen LogP contribution in [0.15, 0.2) is 48.6 Å². The van der Waals surface area contributed by atoms with E-state index in [2.05, 4.69) is 5.32 Å². The highest BCUT2D eigenvalue weighted by Crippen LogP contribution is 2.29. The number of unbranched alkanes of at least 4 members (excludes halogenated alkanes) is 1. The Bertz CT molecular complexity index is 691. The predicted octanol–water partition coefficient (Wildman–Crippen LogP) is 5.26. The van der Waals surface area contributed by atoms with E-state index in [1.54, 1.807) is 6.08 Å². The van der Waals surface area contributed by atoms with Gasteiger partial charge in [-0.2, -0.15) is 13.2 Å². The number of halogens is 3. The normalized spacial score (nSPS) is 12.2. The number of nitrogens with one attached hydrogen (secondary N) is 1. The summed E-state index contributed by atoms with van der Waals surface area (Å²) in [5.74, 6) is 0.222. The Balaban J connectivity index is 2.23. The molecular formula is C22H28F3NO2. The van der Waals surface area contributed by atoms with Crippen LogP contribution in [0, 0.1) is 5.92 Å². The number of rotatable bonds is 11. The molecule has 1 N–H and O–H groups in total. The summed E-state index contributed by atoms with van der Waals surface area (Å²) in [6, 6.07) is 4.88. The Morgan fingerprint density at radius 1 is 1.07 bits per heavy atom. The van der Waals surface area contributed by atoms with E-state index >= 15 is 0 Å². The molecule has 0 unspecified atom stereocenters. The van der Waals surface area contributed by atoms with Gasteiger partial charge in [-0.15, -0.1) is 0 Å². The number of carbonyl (C=O) groups is 2. The lowest BCUT2D eigenvalue weighted by molar-refractivity contribution is -0.137. The number of benzene rings is 1. The second-order valence-electron chi connectivity index (χ2n) is 7.04. The zero-order chi connectivity index (χ0) is 21.0. The third kappa shape index (κ3) is 10.7. The molecule has 6 heteroatoms. The van der Waals surface area contributed by atoms with Crippen molar-refractivity contribution in [3.63, 3.8) is 0 Å². The second kappa shape index (κ2) is 12.2. The van der Waals surface area contributed by atoms with Gasteiger partial charge in [0.2, 0.25) is 5.91 Å². The van der Waals surface area contributed by atoms with E-state index in [1.165, 1.54) is 18.2 Å². The van der Waals surface area contributed by atoms with Crippen molar-refractivity contribution in [2.75, 3.05) is 6.54 Å². The fourth-order valence-electron chi connectivity index (χ4n) is 2.40. The molecule has 0 aliphatic carbocycles. The monoisotopic (exact) mass is 395 g/mol. The lowest BCUT2D eigenvalue weighted by atomic mass is 10.0. The number of Topliss-reactive ketones (excluding diaryl/α,β-unsaturated/α-hetero) is 1.